The van der Waals surface area contributed by atoms with Gasteiger partial charge in [0, 0.05) is 26.3 Å². The number of benzene rings is 1. The molecule has 0 amide bonds. The molecule has 0 aliphatic carbocycles. The van der Waals surface area contributed by atoms with E-state index < -0.39 is 0 Å². The monoisotopic (exact) mass is 277 g/mol. The third kappa shape index (κ3) is 3.29. The normalized spacial score (nSPS) is 11.2. The highest BCUT2D eigenvalue weighted by Gasteiger charge is 2.10. The van der Waals surface area contributed by atoms with E-state index in [4.69, 9.17) is 14.5 Å². The quantitative estimate of drug-likeness (QED) is 0.751. The van der Waals surface area contributed by atoms with Gasteiger partial charge in [0.25, 0.3) is 0 Å². The van der Waals surface area contributed by atoms with Crippen molar-refractivity contribution in [2.45, 2.75) is 26.4 Å². The van der Waals surface area contributed by atoms with Crippen LogP contribution in [0, 0.1) is 0 Å². The van der Waals surface area contributed by atoms with E-state index in [9.17, 15) is 0 Å². The molecule has 0 atom stereocenters. The van der Waals surface area contributed by atoms with Gasteiger partial charge in [-0.1, -0.05) is 6.92 Å². The van der Waals surface area contributed by atoms with Crippen LogP contribution in [0.4, 0.5) is 0 Å². The molecule has 2 rings (SSSR count). The number of ether oxygens (including phenoxy) is 2. The fourth-order valence-electron chi connectivity index (χ4n) is 2.27. The summed E-state index contributed by atoms with van der Waals surface area (Å²) in [7, 11) is 3.39. The van der Waals surface area contributed by atoms with Crippen LogP contribution in [-0.4, -0.2) is 36.9 Å². The van der Waals surface area contributed by atoms with Crippen LogP contribution in [-0.2, 0) is 17.8 Å². The smallest absolute Gasteiger partial charge is 0.123 e. The highest BCUT2D eigenvalue weighted by atomic mass is 16.5. The van der Waals surface area contributed by atoms with Crippen LogP contribution in [0.1, 0.15) is 19.2 Å². The van der Waals surface area contributed by atoms with Crippen LogP contribution < -0.4 is 10.1 Å². The number of aryl methyl sites for hydroxylation is 1. The van der Waals surface area contributed by atoms with Gasteiger partial charge in [0.2, 0.25) is 0 Å². The van der Waals surface area contributed by atoms with E-state index in [0.29, 0.717) is 6.61 Å². The summed E-state index contributed by atoms with van der Waals surface area (Å²) in [4.78, 5) is 4.72. The van der Waals surface area contributed by atoms with Crippen LogP contribution in [0.3, 0.4) is 0 Å². The highest BCUT2D eigenvalue weighted by Crippen LogP contribution is 2.22. The van der Waals surface area contributed by atoms with Crippen LogP contribution in [0.15, 0.2) is 18.2 Å². The molecule has 0 saturated heterocycles. The van der Waals surface area contributed by atoms with Crippen molar-refractivity contribution in [2.75, 3.05) is 27.4 Å². The maximum Gasteiger partial charge on any atom is 0.123 e. The Balaban J connectivity index is 2.24. The Hall–Kier alpha value is -1.59. The zero-order chi connectivity index (χ0) is 14.4. The molecule has 1 heterocycles. The first-order valence-corrected chi connectivity index (χ1v) is 7.03. The fraction of sp³-hybridized carbons (Fsp3) is 0.533. The van der Waals surface area contributed by atoms with Gasteiger partial charge in [0.1, 0.15) is 11.6 Å². The number of methoxy groups -OCH3 is 2. The molecule has 0 unspecified atom stereocenters. The Morgan fingerprint density at radius 3 is 2.85 bits per heavy atom. The molecule has 0 bridgehead atoms. The second-order valence-electron chi connectivity index (χ2n) is 4.70. The Morgan fingerprint density at radius 2 is 2.15 bits per heavy atom. The molecule has 5 heteroatoms. The summed E-state index contributed by atoms with van der Waals surface area (Å²) >= 11 is 0. The summed E-state index contributed by atoms with van der Waals surface area (Å²) in [5.74, 6) is 1.91. The van der Waals surface area contributed by atoms with E-state index in [1.165, 1.54) is 0 Å². The van der Waals surface area contributed by atoms with E-state index in [-0.39, 0.29) is 0 Å². The molecule has 0 fully saturated rings. The minimum Gasteiger partial charge on any atom is -0.497 e. The first-order chi connectivity index (χ1) is 9.80. The standard InChI is InChI=1S/C15H23N3O2/c1-4-8-18-14-6-5-12(20-3)10-13(14)17-15(18)11-16-7-9-19-2/h5-6,10,16H,4,7-9,11H2,1-3H3. The molecule has 0 aliphatic rings. The van der Waals surface area contributed by atoms with Crippen molar-refractivity contribution in [1.29, 1.82) is 0 Å². The summed E-state index contributed by atoms with van der Waals surface area (Å²) in [5, 5.41) is 3.35. The Bertz CT molecular complexity index is 551. The molecule has 0 aliphatic heterocycles. The maximum absolute atomic E-state index is 5.26. The second kappa shape index (κ2) is 7.26. The van der Waals surface area contributed by atoms with Gasteiger partial charge in [0.05, 0.1) is 31.3 Å². The second-order valence-corrected chi connectivity index (χ2v) is 4.70. The van der Waals surface area contributed by atoms with Gasteiger partial charge in [-0.05, 0) is 18.6 Å². The van der Waals surface area contributed by atoms with Gasteiger partial charge in [0.15, 0.2) is 0 Å². The molecular weight excluding hydrogens is 254 g/mol. The third-order valence-corrected chi connectivity index (χ3v) is 3.25. The van der Waals surface area contributed by atoms with Crippen molar-refractivity contribution in [3.05, 3.63) is 24.0 Å². The summed E-state index contributed by atoms with van der Waals surface area (Å²) in [6.45, 7) is 5.44. The van der Waals surface area contributed by atoms with E-state index in [1.54, 1.807) is 14.2 Å². The molecule has 2 aromatic rings. The third-order valence-electron chi connectivity index (χ3n) is 3.25. The molecule has 1 N–H and O–H groups in total. The van der Waals surface area contributed by atoms with Crippen LogP contribution in [0.2, 0.25) is 0 Å². The lowest BCUT2D eigenvalue weighted by Gasteiger charge is -2.08. The van der Waals surface area contributed by atoms with Crippen LogP contribution in [0.25, 0.3) is 11.0 Å². The molecule has 1 aromatic heterocycles. The largest absolute Gasteiger partial charge is 0.497 e. The number of hydrogen-bond donors (Lipinski definition) is 1. The number of aromatic nitrogens is 2. The average molecular weight is 277 g/mol. The van der Waals surface area contributed by atoms with Gasteiger partial charge >= 0.3 is 0 Å². The summed E-state index contributed by atoms with van der Waals surface area (Å²) in [5.41, 5.74) is 2.15. The summed E-state index contributed by atoms with van der Waals surface area (Å²) in [6.07, 6.45) is 1.09. The lowest BCUT2D eigenvalue weighted by molar-refractivity contribution is 0.199. The minimum atomic E-state index is 0.710. The number of imidazole rings is 1. The maximum atomic E-state index is 5.26. The zero-order valence-corrected chi connectivity index (χ0v) is 12.5. The number of rotatable bonds is 8. The van der Waals surface area contributed by atoms with Gasteiger partial charge in [-0.25, -0.2) is 4.98 Å². The van der Waals surface area contributed by atoms with Crippen molar-refractivity contribution in [3.63, 3.8) is 0 Å². The summed E-state index contributed by atoms with van der Waals surface area (Å²) in [6, 6.07) is 6.05. The molecule has 1 aromatic carbocycles. The molecule has 110 valence electrons. The van der Waals surface area contributed by atoms with Crippen LogP contribution in [0.5, 0.6) is 5.75 Å². The first kappa shape index (κ1) is 14.8. The molecule has 0 radical (unpaired) electrons. The van der Waals surface area contributed by atoms with Crippen molar-refractivity contribution in [3.8, 4) is 5.75 Å². The molecule has 20 heavy (non-hydrogen) atoms. The number of hydrogen-bond acceptors (Lipinski definition) is 4. The Labute approximate surface area is 119 Å². The predicted octanol–water partition coefficient (Wildman–Crippen LogP) is 2.19. The van der Waals surface area contributed by atoms with Gasteiger partial charge < -0.3 is 19.4 Å². The SMILES string of the molecule is CCCn1c(CNCCOC)nc2cc(OC)ccc21. The minimum absolute atomic E-state index is 0.710. The van der Waals surface area contributed by atoms with Crippen LogP contribution >= 0.6 is 0 Å². The predicted molar refractivity (Wildman–Crippen MR) is 80.2 cm³/mol. The highest BCUT2D eigenvalue weighted by molar-refractivity contribution is 5.77. The van der Waals surface area contributed by atoms with Gasteiger partial charge in [-0.3, -0.25) is 0 Å². The lowest BCUT2D eigenvalue weighted by atomic mass is 10.3. The van der Waals surface area contributed by atoms with E-state index in [1.807, 2.05) is 12.1 Å². The van der Waals surface area contributed by atoms with Gasteiger partial charge in [-0.2, -0.15) is 0 Å². The molecule has 0 spiro atoms. The van der Waals surface area contributed by atoms with Gasteiger partial charge in [-0.15, -0.1) is 0 Å². The number of nitrogens with zero attached hydrogens (tertiary/aromatic N) is 2. The first-order valence-electron chi connectivity index (χ1n) is 7.03. The van der Waals surface area contributed by atoms with E-state index in [0.717, 1.165) is 48.7 Å². The zero-order valence-electron chi connectivity index (χ0n) is 12.5. The topological polar surface area (TPSA) is 48.3 Å². The van der Waals surface area contributed by atoms with E-state index >= 15 is 0 Å². The van der Waals surface area contributed by atoms with Crippen molar-refractivity contribution in [2.24, 2.45) is 0 Å². The fourth-order valence-corrected chi connectivity index (χ4v) is 2.27. The summed E-state index contributed by atoms with van der Waals surface area (Å²) < 4.78 is 12.6. The Morgan fingerprint density at radius 1 is 1.30 bits per heavy atom. The molecule has 0 saturated carbocycles. The molecular formula is C15H23N3O2. The molecule has 5 nitrogen and oxygen atoms in total. The van der Waals surface area contributed by atoms with Crippen molar-refractivity contribution >= 4 is 11.0 Å². The number of fused-ring (bicyclic) bond motifs is 1. The van der Waals surface area contributed by atoms with Crippen molar-refractivity contribution < 1.29 is 9.47 Å². The number of nitrogens with one attached hydrogen (secondary N) is 1. The average Bonchev–Trinajstić information content (AvgIpc) is 2.81. The van der Waals surface area contributed by atoms with Crippen molar-refractivity contribution in [1.82, 2.24) is 14.9 Å². The Kier molecular flexibility index (Phi) is 5.38. The van der Waals surface area contributed by atoms with E-state index in [2.05, 4.69) is 22.9 Å². The lowest BCUT2D eigenvalue weighted by Crippen LogP contribution is -2.21.